The third kappa shape index (κ3) is 4.38. The fourth-order valence-electron chi connectivity index (χ4n) is 3.55. The summed E-state index contributed by atoms with van der Waals surface area (Å²) >= 11 is 5.91. The average Bonchev–Trinajstić information content (AvgIpc) is 3.47. The van der Waals surface area contributed by atoms with Crippen LogP contribution in [0.4, 0.5) is 14.5 Å². The quantitative estimate of drug-likeness (QED) is 0.350. The van der Waals surface area contributed by atoms with Gasteiger partial charge in [-0.15, -0.1) is 0 Å². The molecule has 170 valence electrons. The first-order valence-corrected chi connectivity index (χ1v) is 10.7. The molecule has 1 amide bonds. The van der Waals surface area contributed by atoms with E-state index in [0.29, 0.717) is 28.5 Å². The Kier molecular flexibility index (Phi) is 5.77. The topological polar surface area (TPSA) is 77.1 Å². The summed E-state index contributed by atoms with van der Waals surface area (Å²) in [5.41, 5.74) is 2.19. The van der Waals surface area contributed by atoms with E-state index in [-0.39, 0.29) is 16.9 Å². The monoisotopic (exact) mass is 478 g/mol. The molecule has 3 aromatic heterocycles. The fraction of sp³-hybridized carbons (Fsp3) is 0.0833. The Morgan fingerprint density at radius 2 is 1.79 bits per heavy atom. The van der Waals surface area contributed by atoms with Crippen LogP contribution in [0, 0.1) is 0 Å². The standard InChI is InChI=1S/C24H17ClF2N6O/c25-17-8-6-15(7-9-17)13-32-14-18(11-28-32)30-24(34)19-12-29-33-21(22(26)27)10-20(31-23(19)33)16-4-2-1-3-5-16/h1-12,14,22H,13H2,(H,30,34). The SMILES string of the molecule is O=C(Nc1cnn(Cc2ccc(Cl)cc2)c1)c1cnn2c(C(F)F)cc(-c3ccccc3)nc12. The van der Waals surface area contributed by atoms with Crippen LogP contribution in [-0.4, -0.2) is 30.3 Å². The Labute approximate surface area is 197 Å². The maximum Gasteiger partial charge on any atom is 0.280 e. The van der Waals surface area contributed by atoms with Gasteiger partial charge in [0.25, 0.3) is 12.3 Å². The van der Waals surface area contributed by atoms with Crippen molar-refractivity contribution in [1.29, 1.82) is 0 Å². The van der Waals surface area contributed by atoms with Gasteiger partial charge in [0.05, 0.1) is 30.3 Å². The minimum atomic E-state index is -2.80. The van der Waals surface area contributed by atoms with E-state index in [9.17, 15) is 13.6 Å². The van der Waals surface area contributed by atoms with Crippen molar-refractivity contribution in [2.24, 2.45) is 0 Å². The summed E-state index contributed by atoms with van der Waals surface area (Å²) in [5.74, 6) is -0.529. The molecule has 0 atom stereocenters. The molecule has 5 rings (SSSR count). The number of benzene rings is 2. The van der Waals surface area contributed by atoms with Gasteiger partial charge in [0, 0.05) is 16.8 Å². The Bertz CT molecular complexity index is 1460. The van der Waals surface area contributed by atoms with Crippen LogP contribution in [-0.2, 0) is 6.54 Å². The van der Waals surface area contributed by atoms with Crippen LogP contribution in [0.3, 0.4) is 0 Å². The number of fused-ring (bicyclic) bond motifs is 1. The molecule has 0 saturated carbocycles. The van der Waals surface area contributed by atoms with Crippen molar-refractivity contribution in [3.05, 3.63) is 101 Å². The van der Waals surface area contributed by atoms with Crippen LogP contribution >= 0.6 is 11.6 Å². The molecule has 7 nitrogen and oxygen atoms in total. The number of amides is 1. The zero-order valence-electron chi connectivity index (χ0n) is 17.6. The van der Waals surface area contributed by atoms with Crippen molar-refractivity contribution in [3.63, 3.8) is 0 Å². The van der Waals surface area contributed by atoms with Gasteiger partial charge in [0.2, 0.25) is 0 Å². The normalized spacial score (nSPS) is 11.3. The number of carbonyl (C=O) groups excluding carboxylic acids is 1. The molecule has 0 aliphatic carbocycles. The molecule has 0 aliphatic heterocycles. The predicted octanol–water partition coefficient (Wildman–Crippen LogP) is 5.48. The number of nitrogens with one attached hydrogen (secondary N) is 1. The molecule has 0 saturated heterocycles. The van der Waals surface area contributed by atoms with Crippen LogP contribution < -0.4 is 5.32 Å². The Balaban J connectivity index is 1.43. The first-order chi connectivity index (χ1) is 16.5. The number of rotatable bonds is 6. The summed E-state index contributed by atoms with van der Waals surface area (Å²) in [6.45, 7) is 0.490. The third-order valence-corrected chi connectivity index (χ3v) is 5.44. The van der Waals surface area contributed by atoms with E-state index >= 15 is 0 Å². The van der Waals surface area contributed by atoms with Crippen molar-refractivity contribution >= 4 is 28.8 Å². The van der Waals surface area contributed by atoms with Crippen molar-refractivity contribution in [1.82, 2.24) is 24.4 Å². The number of anilines is 1. The number of hydrogen-bond acceptors (Lipinski definition) is 4. The Hall–Kier alpha value is -4.11. The molecule has 34 heavy (non-hydrogen) atoms. The van der Waals surface area contributed by atoms with E-state index in [2.05, 4.69) is 20.5 Å². The van der Waals surface area contributed by atoms with Gasteiger partial charge < -0.3 is 5.32 Å². The highest BCUT2D eigenvalue weighted by atomic mass is 35.5. The highest BCUT2D eigenvalue weighted by Crippen LogP contribution is 2.27. The number of aromatic nitrogens is 5. The van der Waals surface area contributed by atoms with E-state index in [0.717, 1.165) is 10.1 Å². The molecule has 0 bridgehead atoms. The molecule has 5 aromatic rings. The second kappa shape index (κ2) is 9.03. The van der Waals surface area contributed by atoms with Crippen LogP contribution in [0.1, 0.15) is 28.0 Å². The molecule has 0 unspecified atom stereocenters. The van der Waals surface area contributed by atoms with Crippen LogP contribution in [0.25, 0.3) is 16.9 Å². The first kappa shape index (κ1) is 21.7. The summed E-state index contributed by atoms with van der Waals surface area (Å²) in [4.78, 5) is 17.4. The largest absolute Gasteiger partial charge is 0.319 e. The van der Waals surface area contributed by atoms with E-state index in [1.807, 2.05) is 18.2 Å². The summed E-state index contributed by atoms with van der Waals surface area (Å²) in [7, 11) is 0. The van der Waals surface area contributed by atoms with Crippen molar-refractivity contribution in [2.45, 2.75) is 13.0 Å². The summed E-state index contributed by atoms with van der Waals surface area (Å²) in [6, 6.07) is 17.6. The van der Waals surface area contributed by atoms with Crippen LogP contribution in [0.5, 0.6) is 0 Å². The van der Waals surface area contributed by atoms with Crippen molar-refractivity contribution in [2.75, 3.05) is 5.32 Å². The van der Waals surface area contributed by atoms with Gasteiger partial charge >= 0.3 is 0 Å². The highest BCUT2D eigenvalue weighted by Gasteiger charge is 2.22. The lowest BCUT2D eigenvalue weighted by molar-refractivity contribution is 0.102. The Morgan fingerprint density at radius 3 is 2.53 bits per heavy atom. The molecule has 0 spiro atoms. The zero-order chi connectivity index (χ0) is 23.7. The lowest BCUT2D eigenvalue weighted by atomic mass is 10.1. The van der Waals surface area contributed by atoms with Gasteiger partial charge in [-0.05, 0) is 23.8 Å². The maximum absolute atomic E-state index is 13.7. The number of carbonyl (C=O) groups is 1. The van der Waals surface area contributed by atoms with Gasteiger partial charge in [-0.2, -0.15) is 10.2 Å². The van der Waals surface area contributed by atoms with Crippen molar-refractivity contribution in [3.8, 4) is 11.3 Å². The average molecular weight is 479 g/mol. The second-order valence-electron chi connectivity index (χ2n) is 7.53. The molecule has 3 heterocycles. The van der Waals surface area contributed by atoms with E-state index in [1.54, 1.807) is 47.3 Å². The Morgan fingerprint density at radius 1 is 1.03 bits per heavy atom. The molecule has 0 fully saturated rings. The van der Waals surface area contributed by atoms with Gasteiger partial charge in [0.15, 0.2) is 5.65 Å². The molecule has 10 heteroatoms. The fourth-order valence-corrected chi connectivity index (χ4v) is 3.67. The predicted molar refractivity (Wildman–Crippen MR) is 124 cm³/mol. The summed E-state index contributed by atoms with van der Waals surface area (Å²) < 4.78 is 30.2. The van der Waals surface area contributed by atoms with E-state index in [1.165, 1.54) is 18.5 Å². The van der Waals surface area contributed by atoms with Gasteiger partial charge in [0.1, 0.15) is 11.3 Å². The number of halogens is 3. The number of alkyl halides is 2. The van der Waals surface area contributed by atoms with Crippen molar-refractivity contribution < 1.29 is 13.6 Å². The molecule has 2 aromatic carbocycles. The van der Waals surface area contributed by atoms with E-state index in [4.69, 9.17) is 11.6 Å². The molecule has 0 radical (unpaired) electrons. The highest BCUT2D eigenvalue weighted by molar-refractivity contribution is 6.30. The first-order valence-electron chi connectivity index (χ1n) is 10.3. The van der Waals surface area contributed by atoms with Crippen LogP contribution in [0.15, 0.2) is 79.3 Å². The molecular formula is C24H17ClF2N6O. The lowest BCUT2D eigenvalue weighted by Crippen LogP contribution is -2.12. The lowest BCUT2D eigenvalue weighted by Gasteiger charge is -2.08. The van der Waals surface area contributed by atoms with Crippen LogP contribution in [0.2, 0.25) is 5.02 Å². The van der Waals surface area contributed by atoms with Gasteiger partial charge in [-0.3, -0.25) is 9.48 Å². The minimum Gasteiger partial charge on any atom is -0.319 e. The second-order valence-corrected chi connectivity index (χ2v) is 7.97. The third-order valence-electron chi connectivity index (χ3n) is 5.19. The summed E-state index contributed by atoms with van der Waals surface area (Å²) in [6.07, 6.45) is 1.62. The smallest absolute Gasteiger partial charge is 0.280 e. The number of hydrogen-bond donors (Lipinski definition) is 1. The molecule has 0 aliphatic rings. The minimum absolute atomic E-state index is 0.0442. The van der Waals surface area contributed by atoms with E-state index < -0.39 is 12.3 Å². The number of nitrogens with zero attached hydrogens (tertiary/aromatic N) is 5. The zero-order valence-corrected chi connectivity index (χ0v) is 18.3. The van der Waals surface area contributed by atoms with Gasteiger partial charge in [-0.1, -0.05) is 54.1 Å². The maximum atomic E-state index is 13.7. The van der Waals surface area contributed by atoms with Gasteiger partial charge in [-0.25, -0.2) is 18.3 Å². The molecular weight excluding hydrogens is 462 g/mol. The summed E-state index contributed by atoms with van der Waals surface area (Å²) in [5, 5.41) is 11.6. The molecule has 1 N–H and O–H groups in total.